The summed E-state index contributed by atoms with van der Waals surface area (Å²) < 4.78 is 6.42. The van der Waals surface area contributed by atoms with E-state index in [-0.39, 0.29) is 0 Å². The molecule has 0 atom stereocenters. The molecule has 0 aliphatic carbocycles. The molecule has 1 aromatic carbocycles. The van der Waals surface area contributed by atoms with Gasteiger partial charge in [-0.05, 0) is 24.3 Å². The molecule has 5 heteroatoms. The molecule has 0 amide bonds. The molecule has 4 nitrogen and oxygen atoms in total. The molecular formula is C9H10N2O2S. The number of hydroxylamine groups is 1. The van der Waals surface area contributed by atoms with Crippen molar-refractivity contribution in [3.8, 4) is 5.75 Å². The van der Waals surface area contributed by atoms with E-state index in [4.69, 9.17) is 9.57 Å². The molecule has 74 valence electrons. The SMILES string of the molecule is COc1ccc(C2=NCN(S)O2)cc1. The molecule has 1 aromatic rings. The Balaban J connectivity index is 2.17. The van der Waals surface area contributed by atoms with Crippen molar-refractivity contribution < 1.29 is 9.57 Å². The van der Waals surface area contributed by atoms with Gasteiger partial charge in [0.05, 0.1) is 7.11 Å². The highest BCUT2D eigenvalue weighted by atomic mass is 32.1. The maximum Gasteiger partial charge on any atom is 0.243 e. The number of thiol groups is 1. The molecule has 0 fully saturated rings. The molecule has 0 aromatic heterocycles. The van der Waals surface area contributed by atoms with Gasteiger partial charge >= 0.3 is 0 Å². The zero-order valence-corrected chi connectivity index (χ0v) is 8.57. The van der Waals surface area contributed by atoms with Crippen molar-refractivity contribution in [2.24, 2.45) is 4.99 Å². The Morgan fingerprint density at radius 2 is 2.14 bits per heavy atom. The standard InChI is InChI=1S/C9H10N2O2S/c1-12-8-4-2-7(3-5-8)9-10-6-11(14)13-9/h2-5,14H,6H2,1H3. The topological polar surface area (TPSA) is 34.1 Å². The Morgan fingerprint density at radius 1 is 1.43 bits per heavy atom. The van der Waals surface area contributed by atoms with Gasteiger partial charge in [0.25, 0.3) is 0 Å². The fraction of sp³-hybridized carbons (Fsp3) is 0.222. The second-order valence-corrected chi connectivity index (χ2v) is 3.22. The number of hydrogen-bond donors (Lipinski definition) is 1. The van der Waals surface area contributed by atoms with Crippen molar-refractivity contribution >= 4 is 18.7 Å². The lowest BCUT2D eigenvalue weighted by Crippen LogP contribution is -2.09. The molecule has 0 N–H and O–H groups in total. The fourth-order valence-corrected chi connectivity index (χ4v) is 1.30. The van der Waals surface area contributed by atoms with E-state index in [1.54, 1.807) is 7.11 Å². The number of ether oxygens (including phenoxy) is 1. The maximum atomic E-state index is 5.23. The molecule has 0 radical (unpaired) electrons. The van der Waals surface area contributed by atoms with Crippen LogP contribution in [0.1, 0.15) is 5.56 Å². The number of hydrogen-bond acceptors (Lipinski definition) is 5. The highest BCUT2D eigenvalue weighted by molar-refractivity contribution is 7.77. The summed E-state index contributed by atoms with van der Waals surface area (Å²) in [4.78, 5) is 9.37. The van der Waals surface area contributed by atoms with Crippen LogP contribution in [0, 0.1) is 0 Å². The summed E-state index contributed by atoms with van der Waals surface area (Å²) in [5, 5.41) is 0. The average Bonchev–Trinajstić information content (AvgIpc) is 2.65. The Morgan fingerprint density at radius 3 is 2.64 bits per heavy atom. The molecule has 0 saturated carbocycles. The summed E-state index contributed by atoms with van der Waals surface area (Å²) in [5.41, 5.74) is 0.919. The van der Waals surface area contributed by atoms with Crippen molar-refractivity contribution in [3.05, 3.63) is 29.8 Å². The van der Waals surface area contributed by atoms with E-state index in [9.17, 15) is 0 Å². The number of nitrogens with zero attached hydrogens (tertiary/aromatic N) is 2. The van der Waals surface area contributed by atoms with E-state index in [1.807, 2.05) is 24.3 Å². The minimum atomic E-state index is 0.449. The van der Waals surface area contributed by atoms with Crippen LogP contribution in [0.3, 0.4) is 0 Å². The molecule has 0 saturated heterocycles. The predicted molar refractivity (Wildman–Crippen MR) is 56.3 cm³/mol. The molecule has 1 aliphatic heterocycles. The number of benzene rings is 1. The average molecular weight is 210 g/mol. The molecule has 0 spiro atoms. The van der Waals surface area contributed by atoms with Gasteiger partial charge < -0.3 is 9.57 Å². The Kier molecular flexibility index (Phi) is 2.60. The van der Waals surface area contributed by atoms with E-state index >= 15 is 0 Å². The monoisotopic (exact) mass is 210 g/mol. The van der Waals surface area contributed by atoms with E-state index in [0.717, 1.165) is 11.3 Å². The first-order valence-corrected chi connectivity index (χ1v) is 4.53. The zero-order valence-electron chi connectivity index (χ0n) is 7.67. The van der Waals surface area contributed by atoms with Gasteiger partial charge in [0.2, 0.25) is 5.90 Å². The first-order chi connectivity index (χ1) is 6.79. The van der Waals surface area contributed by atoms with Crippen LogP contribution in [0.25, 0.3) is 0 Å². The molecule has 0 bridgehead atoms. The lowest BCUT2D eigenvalue weighted by atomic mass is 10.2. The van der Waals surface area contributed by atoms with E-state index in [1.165, 1.54) is 4.47 Å². The third kappa shape index (κ3) is 1.83. The molecule has 1 heterocycles. The van der Waals surface area contributed by atoms with Gasteiger partial charge in [-0.3, -0.25) is 0 Å². The van der Waals surface area contributed by atoms with E-state index < -0.39 is 0 Å². The molecular weight excluding hydrogens is 200 g/mol. The Labute approximate surface area is 87.6 Å². The summed E-state index contributed by atoms with van der Waals surface area (Å²) in [6.07, 6.45) is 0. The predicted octanol–water partition coefficient (Wildman–Crippen LogP) is 1.49. The van der Waals surface area contributed by atoms with Crippen molar-refractivity contribution in [2.45, 2.75) is 0 Å². The van der Waals surface area contributed by atoms with E-state index in [0.29, 0.717) is 12.6 Å². The van der Waals surface area contributed by atoms with Gasteiger partial charge in [-0.15, -0.1) is 0 Å². The third-order valence-corrected chi connectivity index (χ3v) is 2.07. The number of rotatable bonds is 2. The van der Waals surface area contributed by atoms with Crippen LogP contribution in [0.4, 0.5) is 0 Å². The molecule has 14 heavy (non-hydrogen) atoms. The summed E-state index contributed by atoms with van der Waals surface area (Å²) >= 11 is 4.01. The lowest BCUT2D eigenvalue weighted by molar-refractivity contribution is 0.0678. The van der Waals surface area contributed by atoms with Crippen LogP contribution in [-0.4, -0.2) is 24.1 Å². The largest absolute Gasteiger partial charge is 0.497 e. The Hall–Kier alpha value is -1.20. The van der Waals surface area contributed by atoms with Crippen molar-refractivity contribution in [3.63, 3.8) is 0 Å². The van der Waals surface area contributed by atoms with Gasteiger partial charge in [-0.2, -0.15) is 0 Å². The van der Waals surface area contributed by atoms with Crippen molar-refractivity contribution in [1.29, 1.82) is 0 Å². The van der Waals surface area contributed by atoms with Crippen LogP contribution < -0.4 is 4.74 Å². The van der Waals surface area contributed by atoms with Gasteiger partial charge in [0, 0.05) is 5.56 Å². The molecule has 0 unspecified atom stereocenters. The first-order valence-electron chi connectivity index (χ1n) is 4.13. The second-order valence-electron chi connectivity index (χ2n) is 2.78. The first kappa shape index (κ1) is 9.36. The third-order valence-electron chi connectivity index (χ3n) is 1.86. The van der Waals surface area contributed by atoms with Crippen LogP contribution in [0.5, 0.6) is 5.75 Å². The fourth-order valence-electron chi connectivity index (χ4n) is 1.16. The minimum Gasteiger partial charge on any atom is -0.497 e. The lowest BCUT2D eigenvalue weighted by Gasteiger charge is -2.06. The van der Waals surface area contributed by atoms with Gasteiger partial charge in [0.15, 0.2) is 0 Å². The van der Waals surface area contributed by atoms with Gasteiger partial charge in [-0.1, -0.05) is 17.3 Å². The zero-order chi connectivity index (χ0) is 9.97. The molecule has 1 aliphatic rings. The highest BCUT2D eigenvalue weighted by Gasteiger charge is 2.15. The summed E-state index contributed by atoms with van der Waals surface area (Å²) in [6, 6.07) is 7.51. The van der Waals surface area contributed by atoms with E-state index in [2.05, 4.69) is 17.8 Å². The van der Waals surface area contributed by atoms with Crippen molar-refractivity contribution in [2.75, 3.05) is 13.8 Å². The van der Waals surface area contributed by atoms with Crippen LogP contribution >= 0.6 is 12.8 Å². The summed E-state index contributed by atoms with van der Waals surface area (Å²) in [5.74, 6) is 1.40. The minimum absolute atomic E-state index is 0.449. The quantitative estimate of drug-likeness (QED) is 0.751. The summed E-state index contributed by atoms with van der Waals surface area (Å²) in [7, 11) is 1.63. The maximum absolute atomic E-state index is 5.23. The number of aliphatic imine (C=N–C) groups is 1. The number of methoxy groups -OCH3 is 1. The van der Waals surface area contributed by atoms with Gasteiger partial charge in [-0.25, -0.2) is 4.99 Å². The van der Waals surface area contributed by atoms with Crippen LogP contribution in [-0.2, 0) is 4.84 Å². The van der Waals surface area contributed by atoms with Crippen LogP contribution in [0.2, 0.25) is 0 Å². The highest BCUT2D eigenvalue weighted by Crippen LogP contribution is 2.16. The normalized spacial score (nSPS) is 16.3. The second kappa shape index (κ2) is 3.89. The smallest absolute Gasteiger partial charge is 0.243 e. The summed E-state index contributed by atoms with van der Waals surface area (Å²) in [6.45, 7) is 0.449. The molecule has 2 rings (SSSR count). The van der Waals surface area contributed by atoms with Crippen LogP contribution in [0.15, 0.2) is 29.3 Å². The van der Waals surface area contributed by atoms with Crippen molar-refractivity contribution in [1.82, 2.24) is 4.47 Å². The van der Waals surface area contributed by atoms with Gasteiger partial charge in [0.1, 0.15) is 12.4 Å². The Bertz CT molecular complexity index is 350.